The summed E-state index contributed by atoms with van der Waals surface area (Å²) in [5.41, 5.74) is -0.0612. The van der Waals surface area contributed by atoms with Crippen LogP contribution in [0.1, 0.15) is 20.8 Å². The number of nitrogens with zero attached hydrogens (tertiary/aromatic N) is 2. The van der Waals surface area contributed by atoms with Gasteiger partial charge in [-0.1, -0.05) is 0 Å². The molecule has 0 bridgehead atoms. The standard InChI is InChI=1S/C14H18IN2O5P/c1-14(2,3)22-13(18)17-11-7-6-9(23(19,20-4)21-5)8-10(11)12(15)16-17/h6-8H,1-5H3. The van der Waals surface area contributed by atoms with Crippen molar-refractivity contribution < 1.29 is 23.1 Å². The first-order chi connectivity index (χ1) is 10.6. The van der Waals surface area contributed by atoms with Gasteiger partial charge in [0.15, 0.2) is 0 Å². The Bertz CT molecular complexity index is 788. The highest BCUT2D eigenvalue weighted by atomic mass is 127. The number of aromatic nitrogens is 2. The van der Waals surface area contributed by atoms with Crippen LogP contribution >= 0.6 is 30.2 Å². The average Bonchev–Trinajstić information content (AvgIpc) is 2.81. The number of halogens is 1. The van der Waals surface area contributed by atoms with Gasteiger partial charge in [0.1, 0.15) is 9.30 Å². The van der Waals surface area contributed by atoms with Crippen molar-refractivity contribution in [2.24, 2.45) is 0 Å². The van der Waals surface area contributed by atoms with E-state index in [1.807, 2.05) is 22.6 Å². The number of carbonyl (C=O) groups is 1. The summed E-state index contributed by atoms with van der Waals surface area (Å²) in [6.07, 6.45) is -0.570. The lowest BCUT2D eigenvalue weighted by Gasteiger charge is -2.19. The van der Waals surface area contributed by atoms with Gasteiger partial charge < -0.3 is 13.8 Å². The van der Waals surface area contributed by atoms with Crippen molar-refractivity contribution in [3.05, 3.63) is 21.9 Å². The number of hydrogen-bond donors (Lipinski definition) is 0. The topological polar surface area (TPSA) is 79.7 Å². The second-order valence-corrected chi connectivity index (χ2v) is 9.01. The molecule has 2 aromatic rings. The molecule has 0 amide bonds. The molecular formula is C14H18IN2O5P. The fraction of sp³-hybridized carbons (Fsp3) is 0.429. The predicted molar refractivity (Wildman–Crippen MR) is 95.3 cm³/mol. The summed E-state index contributed by atoms with van der Waals surface area (Å²) in [7, 11) is -0.716. The maximum atomic E-state index is 12.5. The molecule has 1 heterocycles. The smallest absolute Gasteiger partial charge is 0.435 e. The fourth-order valence-electron chi connectivity index (χ4n) is 1.97. The molecule has 1 aromatic carbocycles. The second kappa shape index (κ2) is 6.51. The monoisotopic (exact) mass is 452 g/mol. The Hall–Kier alpha value is -0.960. The van der Waals surface area contributed by atoms with Crippen LogP contribution in [0.2, 0.25) is 0 Å². The summed E-state index contributed by atoms with van der Waals surface area (Å²) < 4.78 is 29.6. The number of hydrogen-bond acceptors (Lipinski definition) is 6. The normalized spacial score (nSPS) is 12.6. The van der Waals surface area contributed by atoms with E-state index in [4.69, 9.17) is 13.8 Å². The lowest BCUT2D eigenvalue weighted by molar-refractivity contribution is 0.0522. The quantitative estimate of drug-likeness (QED) is 0.524. The molecule has 9 heteroatoms. The summed E-state index contributed by atoms with van der Waals surface area (Å²) >= 11 is 2.01. The van der Waals surface area contributed by atoms with Gasteiger partial charge in [-0.3, -0.25) is 4.57 Å². The van der Waals surface area contributed by atoms with E-state index in [0.717, 1.165) is 0 Å². The Morgan fingerprint density at radius 2 is 1.87 bits per heavy atom. The van der Waals surface area contributed by atoms with Gasteiger partial charge in [0.2, 0.25) is 0 Å². The lowest BCUT2D eigenvalue weighted by Crippen LogP contribution is -2.27. The molecule has 23 heavy (non-hydrogen) atoms. The predicted octanol–water partition coefficient (Wildman–Crippen LogP) is 3.54. The Labute approximate surface area is 148 Å². The third kappa shape index (κ3) is 3.76. The third-order valence-corrected chi connectivity index (χ3v) is 5.65. The maximum absolute atomic E-state index is 12.5. The Morgan fingerprint density at radius 3 is 2.39 bits per heavy atom. The van der Waals surface area contributed by atoms with E-state index < -0.39 is 19.3 Å². The molecule has 0 aliphatic carbocycles. The SMILES string of the molecule is COP(=O)(OC)c1ccc2c(c1)c(I)nn2C(=O)OC(C)(C)C. The largest absolute Gasteiger partial charge is 0.442 e. The molecule has 2 rings (SSSR count). The number of carbonyl (C=O) groups excluding carboxylic acids is 1. The summed E-state index contributed by atoms with van der Waals surface area (Å²) in [5, 5.41) is 5.28. The van der Waals surface area contributed by atoms with Gasteiger partial charge in [-0.25, -0.2) is 4.79 Å². The van der Waals surface area contributed by atoms with Crippen LogP contribution in [0.5, 0.6) is 0 Å². The van der Waals surface area contributed by atoms with Crippen LogP contribution in [0.25, 0.3) is 10.9 Å². The van der Waals surface area contributed by atoms with Crippen molar-refractivity contribution in [3.63, 3.8) is 0 Å². The average molecular weight is 452 g/mol. The summed E-state index contributed by atoms with van der Waals surface area (Å²) in [5.74, 6) is 0. The molecule has 0 spiro atoms. The number of rotatable bonds is 3. The molecule has 1 aromatic heterocycles. The van der Waals surface area contributed by atoms with Crippen LogP contribution in [0.4, 0.5) is 4.79 Å². The van der Waals surface area contributed by atoms with Gasteiger partial charge in [-0.05, 0) is 61.6 Å². The van der Waals surface area contributed by atoms with E-state index in [2.05, 4.69) is 5.10 Å². The number of fused-ring (bicyclic) bond motifs is 1. The van der Waals surface area contributed by atoms with Crippen molar-refractivity contribution in [2.45, 2.75) is 26.4 Å². The zero-order chi connectivity index (χ0) is 17.4. The fourth-order valence-corrected chi connectivity index (χ4v) is 3.73. The number of benzene rings is 1. The molecule has 7 nitrogen and oxygen atoms in total. The molecular weight excluding hydrogens is 434 g/mol. The maximum Gasteiger partial charge on any atom is 0.435 e. The summed E-state index contributed by atoms with van der Waals surface area (Å²) in [4.78, 5) is 12.3. The molecule has 0 aliphatic rings. The first kappa shape index (κ1) is 18.4. The highest BCUT2D eigenvalue weighted by Gasteiger charge is 2.27. The molecule has 0 unspecified atom stereocenters. The van der Waals surface area contributed by atoms with E-state index in [9.17, 15) is 9.36 Å². The first-order valence-corrected chi connectivity index (χ1v) is 9.37. The highest BCUT2D eigenvalue weighted by Crippen LogP contribution is 2.45. The van der Waals surface area contributed by atoms with Crippen molar-refractivity contribution in [2.75, 3.05) is 14.2 Å². The third-order valence-electron chi connectivity index (χ3n) is 2.98. The van der Waals surface area contributed by atoms with Crippen LogP contribution in [0.3, 0.4) is 0 Å². The van der Waals surface area contributed by atoms with Gasteiger partial charge in [0.25, 0.3) is 0 Å². The minimum absolute atomic E-state index is 0.400. The number of ether oxygens (including phenoxy) is 1. The first-order valence-electron chi connectivity index (χ1n) is 6.75. The molecule has 126 valence electrons. The van der Waals surface area contributed by atoms with Gasteiger partial charge in [0, 0.05) is 19.6 Å². The zero-order valence-corrected chi connectivity index (χ0v) is 16.5. The summed E-state index contributed by atoms with van der Waals surface area (Å²) in [6.45, 7) is 5.35. The van der Waals surface area contributed by atoms with Crippen LogP contribution < -0.4 is 5.30 Å². The Morgan fingerprint density at radius 1 is 1.26 bits per heavy atom. The molecule has 0 aliphatic heterocycles. The van der Waals surface area contributed by atoms with Gasteiger partial charge >= 0.3 is 13.7 Å². The lowest BCUT2D eigenvalue weighted by atomic mass is 10.2. The molecule has 0 atom stereocenters. The van der Waals surface area contributed by atoms with E-state index in [0.29, 0.717) is 19.9 Å². The minimum Gasteiger partial charge on any atom is -0.442 e. The van der Waals surface area contributed by atoms with Crippen LogP contribution in [-0.2, 0) is 18.3 Å². The van der Waals surface area contributed by atoms with Crippen LogP contribution in [0.15, 0.2) is 18.2 Å². The second-order valence-electron chi connectivity index (χ2n) is 5.75. The highest BCUT2D eigenvalue weighted by molar-refractivity contribution is 14.1. The molecule has 0 fully saturated rings. The minimum atomic E-state index is -3.36. The van der Waals surface area contributed by atoms with Crippen LogP contribution in [0, 0.1) is 3.70 Å². The Kier molecular flexibility index (Phi) is 5.20. The van der Waals surface area contributed by atoms with Crippen molar-refractivity contribution in [1.82, 2.24) is 9.78 Å². The van der Waals surface area contributed by atoms with Gasteiger partial charge in [0.05, 0.1) is 10.8 Å². The van der Waals surface area contributed by atoms with Crippen molar-refractivity contribution in [1.29, 1.82) is 0 Å². The zero-order valence-electron chi connectivity index (χ0n) is 13.5. The van der Waals surface area contributed by atoms with Gasteiger partial charge in [-0.2, -0.15) is 9.78 Å². The van der Waals surface area contributed by atoms with Crippen LogP contribution in [-0.4, -0.2) is 35.7 Å². The van der Waals surface area contributed by atoms with E-state index >= 15 is 0 Å². The molecule has 0 N–H and O–H groups in total. The van der Waals surface area contributed by atoms with Gasteiger partial charge in [-0.15, -0.1) is 0 Å². The molecule has 0 saturated heterocycles. The van der Waals surface area contributed by atoms with E-state index in [1.54, 1.807) is 39.0 Å². The van der Waals surface area contributed by atoms with Crippen molar-refractivity contribution in [3.8, 4) is 0 Å². The summed E-state index contributed by atoms with van der Waals surface area (Å²) in [6, 6.07) is 4.89. The van der Waals surface area contributed by atoms with E-state index in [1.165, 1.54) is 18.9 Å². The van der Waals surface area contributed by atoms with Crippen molar-refractivity contribution >= 4 is 52.5 Å². The molecule has 0 saturated carbocycles. The Balaban J connectivity index is 2.53. The molecule has 0 radical (unpaired) electrons. The van der Waals surface area contributed by atoms with E-state index in [-0.39, 0.29) is 0 Å².